The summed E-state index contributed by atoms with van der Waals surface area (Å²) in [6.07, 6.45) is 1.11. The molecule has 2 rings (SSSR count). The van der Waals surface area contributed by atoms with Gasteiger partial charge in [-0.25, -0.2) is 0 Å². The van der Waals surface area contributed by atoms with Gasteiger partial charge in [0.15, 0.2) is 0 Å². The molecule has 0 amide bonds. The maximum absolute atomic E-state index is 5.82. The highest BCUT2D eigenvalue weighted by Gasteiger charge is 2.31. The molecule has 106 valence electrons. The van der Waals surface area contributed by atoms with E-state index in [9.17, 15) is 0 Å². The van der Waals surface area contributed by atoms with E-state index < -0.39 is 0 Å². The SMILES string of the molecule is COc1ccc(N(C)C)cc1C1CC(CN)CN1C. The third-order valence-corrected chi connectivity index (χ3v) is 4.06. The molecular formula is C15H25N3O. The number of nitrogens with zero attached hydrogens (tertiary/aromatic N) is 2. The first-order chi connectivity index (χ1) is 9.06. The summed E-state index contributed by atoms with van der Waals surface area (Å²) in [7, 11) is 8.03. The molecule has 0 radical (unpaired) electrons. The predicted octanol–water partition coefficient (Wildman–Crippen LogP) is 1.71. The molecule has 1 aliphatic rings. The van der Waals surface area contributed by atoms with E-state index in [4.69, 9.17) is 10.5 Å². The average Bonchev–Trinajstić information content (AvgIpc) is 2.79. The number of benzene rings is 1. The van der Waals surface area contributed by atoms with E-state index in [0.29, 0.717) is 12.0 Å². The van der Waals surface area contributed by atoms with Gasteiger partial charge in [-0.1, -0.05) is 0 Å². The molecule has 1 aromatic rings. The molecule has 1 fully saturated rings. The molecule has 1 heterocycles. The highest BCUT2D eigenvalue weighted by molar-refractivity contribution is 5.53. The van der Waals surface area contributed by atoms with Crippen LogP contribution >= 0.6 is 0 Å². The van der Waals surface area contributed by atoms with Crippen LogP contribution in [0, 0.1) is 5.92 Å². The van der Waals surface area contributed by atoms with Crippen molar-refractivity contribution in [3.05, 3.63) is 23.8 Å². The summed E-state index contributed by atoms with van der Waals surface area (Å²) in [5.41, 5.74) is 8.30. The van der Waals surface area contributed by atoms with Gasteiger partial charge in [-0.2, -0.15) is 0 Å². The number of anilines is 1. The summed E-state index contributed by atoms with van der Waals surface area (Å²) >= 11 is 0. The third kappa shape index (κ3) is 2.85. The van der Waals surface area contributed by atoms with Crippen LogP contribution in [0.15, 0.2) is 18.2 Å². The number of likely N-dealkylation sites (tertiary alicyclic amines) is 1. The normalized spacial score (nSPS) is 23.6. The Morgan fingerprint density at radius 3 is 2.68 bits per heavy atom. The van der Waals surface area contributed by atoms with Gasteiger partial charge in [0.2, 0.25) is 0 Å². The van der Waals surface area contributed by atoms with Crippen LogP contribution in [0.1, 0.15) is 18.0 Å². The van der Waals surface area contributed by atoms with Gasteiger partial charge in [-0.05, 0) is 44.1 Å². The van der Waals surface area contributed by atoms with Crippen molar-refractivity contribution in [3.63, 3.8) is 0 Å². The van der Waals surface area contributed by atoms with Crippen LogP contribution in [-0.4, -0.2) is 46.2 Å². The molecule has 1 saturated heterocycles. The van der Waals surface area contributed by atoms with Gasteiger partial charge < -0.3 is 15.4 Å². The minimum absolute atomic E-state index is 0.406. The van der Waals surface area contributed by atoms with Crippen LogP contribution in [0.25, 0.3) is 0 Å². The average molecular weight is 263 g/mol. The van der Waals surface area contributed by atoms with Crippen LogP contribution in [0.2, 0.25) is 0 Å². The lowest BCUT2D eigenvalue weighted by atomic mass is 9.98. The topological polar surface area (TPSA) is 41.7 Å². The minimum Gasteiger partial charge on any atom is -0.496 e. The van der Waals surface area contributed by atoms with Gasteiger partial charge in [0.05, 0.1) is 7.11 Å². The summed E-state index contributed by atoms with van der Waals surface area (Å²) in [5.74, 6) is 1.56. The molecule has 0 bridgehead atoms. The zero-order valence-electron chi connectivity index (χ0n) is 12.4. The fraction of sp³-hybridized carbons (Fsp3) is 0.600. The number of ether oxygens (including phenoxy) is 1. The number of hydrogen-bond donors (Lipinski definition) is 1. The van der Waals surface area contributed by atoms with Gasteiger partial charge in [0, 0.05) is 37.9 Å². The van der Waals surface area contributed by atoms with Crippen LogP contribution < -0.4 is 15.4 Å². The second kappa shape index (κ2) is 5.80. The van der Waals surface area contributed by atoms with Crippen LogP contribution in [0.5, 0.6) is 5.75 Å². The van der Waals surface area contributed by atoms with E-state index >= 15 is 0 Å². The molecule has 4 nitrogen and oxygen atoms in total. The molecular weight excluding hydrogens is 238 g/mol. The van der Waals surface area contributed by atoms with Gasteiger partial charge >= 0.3 is 0 Å². The Morgan fingerprint density at radius 1 is 1.42 bits per heavy atom. The summed E-state index contributed by atoms with van der Waals surface area (Å²) in [6.45, 7) is 1.83. The first kappa shape index (κ1) is 14.2. The quantitative estimate of drug-likeness (QED) is 0.898. The van der Waals surface area contributed by atoms with Gasteiger partial charge in [0.1, 0.15) is 5.75 Å². The Bertz CT molecular complexity index is 433. The van der Waals surface area contributed by atoms with E-state index in [1.165, 1.54) is 11.3 Å². The molecule has 0 aromatic heterocycles. The molecule has 1 aliphatic heterocycles. The molecule has 1 aromatic carbocycles. The van der Waals surface area contributed by atoms with Crippen molar-refractivity contribution in [1.82, 2.24) is 4.90 Å². The van der Waals surface area contributed by atoms with Crippen LogP contribution in [0.4, 0.5) is 5.69 Å². The Kier molecular flexibility index (Phi) is 4.32. The molecule has 4 heteroatoms. The lowest BCUT2D eigenvalue weighted by molar-refractivity contribution is 0.303. The Morgan fingerprint density at radius 2 is 2.16 bits per heavy atom. The maximum atomic E-state index is 5.82. The zero-order chi connectivity index (χ0) is 14.0. The van der Waals surface area contributed by atoms with E-state index in [2.05, 4.69) is 49.1 Å². The number of nitrogens with two attached hydrogens (primary N) is 1. The Labute approximate surface area is 116 Å². The van der Waals surface area contributed by atoms with Crippen molar-refractivity contribution in [3.8, 4) is 5.75 Å². The predicted molar refractivity (Wildman–Crippen MR) is 79.9 cm³/mol. The highest BCUT2D eigenvalue weighted by Crippen LogP contribution is 2.39. The van der Waals surface area contributed by atoms with Gasteiger partial charge in [-0.15, -0.1) is 0 Å². The van der Waals surface area contributed by atoms with Crippen molar-refractivity contribution in [2.24, 2.45) is 11.7 Å². The Balaban J connectivity index is 2.34. The fourth-order valence-electron chi connectivity index (χ4n) is 2.90. The van der Waals surface area contributed by atoms with Crippen molar-refractivity contribution >= 4 is 5.69 Å². The molecule has 2 atom stereocenters. The van der Waals surface area contributed by atoms with E-state index in [0.717, 1.165) is 25.3 Å². The summed E-state index contributed by atoms with van der Waals surface area (Å²) in [6, 6.07) is 6.80. The van der Waals surface area contributed by atoms with E-state index in [1.54, 1.807) is 7.11 Å². The first-order valence-corrected chi connectivity index (χ1v) is 6.82. The molecule has 0 saturated carbocycles. The molecule has 2 unspecified atom stereocenters. The maximum Gasteiger partial charge on any atom is 0.123 e. The smallest absolute Gasteiger partial charge is 0.123 e. The highest BCUT2D eigenvalue weighted by atomic mass is 16.5. The van der Waals surface area contributed by atoms with Crippen LogP contribution in [0.3, 0.4) is 0 Å². The molecule has 2 N–H and O–H groups in total. The number of hydrogen-bond acceptors (Lipinski definition) is 4. The van der Waals surface area contributed by atoms with Crippen molar-refractivity contribution in [2.45, 2.75) is 12.5 Å². The fourth-order valence-corrected chi connectivity index (χ4v) is 2.90. The van der Waals surface area contributed by atoms with Gasteiger partial charge in [-0.3, -0.25) is 4.90 Å². The lowest BCUT2D eigenvalue weighted by Crippen LogP contribution is -2.21. The van der Waals surface area contributed by atoms with Crippen molar-refractivity contribution < 1.29 is 4.74 Å². The van der Waals surface area contributed by atoms with Crippen LogP contribution in [-0.2, 0) is 0 Å². The largest absolute Gasteiger partial charge is 0.496 e. The summed E-state index contributed by atoms with van der Waals surface area (Å²) in [5, 5.41) is 0. The number of methoxy groups -OCH3 is 1. The van der Waals surface area contributed by atoms with Crippen molar-refractivity contribution in [2.75, 3.05) is 46.2 Å². The third-order valence-electron chi connectivity index (χ3n) is 4.06. The number of rotatable bonds is 4. The lowest BCUT2D eigenvalue weighted by Gasteiger charge is -2.24. The molecule has 19 heavy (non-hydrogen) atoms. The zero-order valence-corrected chi connectivity index (χ0v) is 12.4. The van der Waals surface area contributed by atoms with Crippen molar-refractivity contribution in [1.29, 1.82) is 0 Å². The van der Waals surface area contributed by atoms with E-state index in [1.807, 2.05) is 0 Å². The van der Waals surface area contributed by atoms with E-state index in [-0.39, 0.29) is 0 Å². The minimum atomic E-state index is 0.406. The second-order valence-corrected chi connectivity index (χ2v) is 5.61. The Hall–Kier alpha value is -1.26. The van der Waals surface area contributed by atoms with Gasteiger partial charge in [0.25, 0.3) is 0 Å². The molecule has 0 spiro atoms. The summed E-state index contributed by atoms with van der Waals surface area (Å²) in [4.78, 5) is 4.51. The molecule has 0 aliphatic carbocycles. The standard InChI is InChI=1S/C15H25N3O/c1-17(2)12-5-6-15(19-4)13(8-12)14-7-11(9-16)10-18(14)3/h5-6,8,11,14H,7,9-10,16H2,1-4H3. The first-order valence-electron chi connectivity index (χ1n) is 6.82. The second-order valence-electron chi connectivity index (χ2n) is 5.61. The summed E-state index contributed by atoms with van der Waals surface area (Å²) < 4.78 is 5.53. The monoisotopic (exact) mass is 263 g/mol.